The Labute approximate surface area is 125 Å². The van der Waals surface area contributed by atoms with Gasteiger partial charge in [-0.15, -0.1) is 0 Å². The number of nitrogens with zero attached hydrogens (tertiary/aromatic N) is 3. The molecular formula is C15H23N3O3. The molecule has 0 aromatic carbocycles. The summed E-state index contributed by atoms with van der Waals surface area (Å²) in [5.74, 6) is 0.167. The van der Waals surface area contributed by atoms with Gasteiger partial charge in [-0.2, -0.15) is 4.98 Å². The van der Waals surface area contributed by atoms with Crippen molar-refractivity contribution in [1.29, 1.82) is 0 Å². The van der Waals surface area contributed by atoms with Gasteiger partial charge in [-0.1, -0.05) is 13.8 Å². The average molecular weight is 293 g/mol. The summed E-state index contributed by atoms with van der Waals surface area (Å²) in [6, 6.07) is -0.602. The van der Waals surface area contributed by atoms with Gasteiger partial charge in [0.1, 0.15) is 6.04 Å². The summed E-state index contributed by atoms with van der Waals surface area (Å²) in [7, 11) is 0. The van der Waals surface area contributed by atoms with Crippen molar-refractivity contribution in [2.24, 2.45) is 5.41 Å². The minimum Gasteiger partial charge on any atom is -0.480 e. The molecule has 6 heteroatoms. The Morgan fingerprint density at radius 3 is 2.81 bits per heavy atom. The van der Waals surface area contributed by atoms with Crippen LogP contribution >= 0.6 is 0 Å². The monoisotopic (exact) mass is 293 g/mol. The highest BCUT2D eigenvalue weighted by Gasteiger charge is 2.43. The van der Waals surface area contributed by atoms with Crippen LogP contribution in [0.4, 0.5) is 5.82 Å². The van der Waals surface area contributed by atoms with Crippen LogP contribution < -0.4 is 9.64 Å². The lowest BCUT2D eigenvalue weighted by Gasteiger charge is -2.44. The summed E-state index contributed by atoms with van der Waals surface area (Å²) >= 11 is 0. The van der Waals surface area contributed by atoms with E-state index in [1.807, 2.05) is 32.6 Å². The smallest absolute Gasteiger partial charge is 0.326 e. The Hall–Kier alpha value is -1.85. The predicted octanol–water partition coefficient (Wildman–Crippen LogP) is 2.34. The van der Waals surface area contributed by atoms with E-state index in [1.54, 1.807) is 12.4 Å². The van der Waals surface area contributed by atoms with Crippen molar-refractivity contribution < 1.29 is 14.6 Å². The van der Waals surface area contributed by atoms with E-state index in [0.29, 0.717) is 18.2 Å². The minimum absolute atomic E-state index is 0.00242. The molecule has 0 amide bonds. The third kappa shape index (κ3) is 3.43. The van der Waals surface area contributed by atoms with Crippen molar-refractivity contribution in [1.82, 2.24) is 9.97 Å². The molecule has 0 radical (unpaired) electrons. The number of carboxylic acids is 1. The van der Waals surface area contributed by atoms with E-state index >= 15 is 0 Å². The highest BCUT2D eigenvalue weighted by molar-refractivity contribution is 5.79. The zero-order chi connectivity index (χ0) is 15.6. The predicted molar refractivity (Wildman–Crippen MR) is 79.6 cm³/mol. The zero-order valence-corrected chi connectivity index (χ0v) is 13.0. The second-order valence-corrected chi connectivity index (χ2v) is 6.41. The van der Waals surface area contributed by atoms with E-state index in [1.165, 1.54) is 0 Å². The van der Waals surface area contributed by atoms with Crippen LogP contribution in [0.3, 0.4) is 0 Å². The number of carboxylic acid groups (broad SMARTS) is 1. The molecule has 1 unspecified atom stereocenters. The van der Waals surface area contributed by atoms with E-state index in [9.17, 15) is 9.90 Å². The van der Waals surface area contributed by atoms with Gasteiger partial charge in [0.2, 0.25) is 5.88 Å². The van der Waals surface area contributed by atoms with Gasteiger partial charge in [0.05, 0.1) is 18.5 Å². The van der Waals surface area contributed by atoms with E-state index < -0.39 is 12.0 Å². The number of aliphatic carboxylic acids is 1. The van der Waals surface area contributed by atoms with Gasteiger partial charge in [-0.05, 0) is 32.1 Å². The molecule has 116 valence electrons. The van der Waals surface area contributed by atoms with Crippen molar-refractivity contribution >= 4 is 11.8 Å². The molecular weight excluding hydrogens is 270 g/mol. The largest absolute Gasteiger partial charge is 0.480 e. The van der Waals surface area contributed by atoms with Gasteiger partial charge in [0, 0.05) is 6.54 Å². The molecule has 2 rings (SSSR count). The fourth-order valence-corrected chi connectivity index (χ4v) is 2.88. The van der Waals surface area contributed by atoms with E-state index in [0.717, 1.165) is 12.8 Å². The molecule has 1 N–H and O–H groups in total. The molecule has 0 bridgehead atoms. The average Bonchev–Trinajstić information content (AvgIpc) is 2.36. The highest BCUT2D eigenvalue weighted by Crippen LogP contribution is 2.37. The molecule has 0 saturated carbocycles. The second-order valence-electron chi connectivity index (χ2n) is 6.41. The van der Waals surface area contributed by atoms with Crippen LogP contribution in [-0.4, -0.2) is 39.7 Å². The maximum absolute atomic E-state index is 11.7. The first-order valence-corrected chi connectivity index (χ1v) is 7.29. The Morgan fingerprint density at radius 1 is 1.48 bits per heavy atom. The summed E-state index contributed by atoms with van der Waals surface area (Å²) in [6.07, 6.45) is 4.98. The summed E-state index contributed by atoms with van der Waals surface area (Å²) < 4.78 is 5.55. The SMILES string of the molecule is CC(C)Oc1cncc(N2CCCC(C)(C)C2C(=O)O)n1. The fourth-order valence-electron chi connectivity index (χ4n) is 2.88. The molecule has 1 aromatic rings. The molecule has 1 atom stereocenters. The van der Waals surface area contributed by atoms with Crippen molar-refractivity contribution in [3.8, 4) is 5.88 Å². The number of rotatable bonds is 4. The molecule has 6 nitrogen and oxygen atoms in total. The molecule has 1 aromatic heterocycles. The number of ether oxygens (including phenoxy) is 1. The van der Waals surface area contributed by atoms with Gasteiger partial charge in [-0.3, -0.25) is 4.98 Å². The standard InChI is InChI=1S/C15H23N3O3/c1-10(2)21-12-9-16-8-11(17-12)18-7-5-6-15(3,4)13(18)14(19)20/h8-10,13H,5-7H2,1-4H3,(H,19,20). The number of carbonyl (C=O) groups is 1. The lowest BCUT2D eigenvalue weighted by atomic mass is 9.76. The third-order valence-electron chi connectivity index (χ3n) is 3.76. The van der Waals surface area contributed by atoms with Crippen LogP contribution in [0, 0.1) is 5.41 Å². The number of aromatic nitrogens is 2. The summed E-state index contributed by atoms with van der Waals surface area (Å²) in [5.41, 5.74) is -0.305. The topological polar surface area (TPSA) is 75.5 Å². The van der Waals surface area contributed by atoms with Crippen LogP contribution in [-0.2, 0) is 4.79 Å². The van der Waals surface area contributed by atoms with Gasteiger partial charge in [0.15, 0.2) is 5.82 Å². The lowest BCUT2D eigenvalue weighted by Crippen LogP contribution is -2.54. The maximum atomic E-state index is 11.7. The summed E-state index contributed by atoms with van der Waals surface area (Å²) in [5, 5.41) is 9.60. The van der Waals surface area contributed by atoms with Crippen LogP contribution in [0.15, 0.2) is 12.4 Å². The molecule has 1 fully saturated rings. The van der Waals surface area contributed by atoms with E-state index in [2.05, 4.69) is 9.97 Å². The van der Waals surface area contributed by atoms with E-state index in [-0.39, 0.29) is 11.5 Å². The first kappa shape index (κ1) is 15.5. The highest BCUT2D eigenvalue weighted by atomic mass is 16.5. The molecule has 0 spiro atoms. The van der Waals surface area contributed by atoms with Crippen molar-refractivity contribution in [2.75, 3.05) is 11.4 Å². The lowest BCUT2D eigenvalue weighted by molar-refractivity contribution is -0.142. The molecule has 0 aliphatic carbocycles. The number of anilines is 1. The first-order valence-electron chi connectivity index (χ1n) is 7.29. The Morgan fingerprint density at radius 2 is 2.19 bits per heavy atom. The van der Waals surface area contributed by atoms with Crippen LogP contribution in [0.25, 0.3) is 0 Å². The quantitative estimate of drug-likeness (QED) is 0.918. The molecule has 1 aliphatic heterocycles. The number of hydrogen-bond acceptors (Lipinski definition) is 5. The van der Waals surface area contributed by atoms with Crippen molar-refractivity contribution in [3.63, 3.8) is 0 Å². The van der Waals surface area contributed by atoms with Crippen LogP contribution in [0.2, 0.25) is 0 Å². The van der Waals surface area contributed by atoms with Gasteiger partial charge in [-0.25, -0.2) is 4.79 Å². The number of piperidine rings is 1. The van der Waals surface area contributed by atoms with E-state index in [4.69, 9.17) is 4.74 Å². The van der Waals surface area contributed by atoms with Crippen LogP contribution in [0.5, 0.6) is 5.88 Å². The second kappa shape index (κ2) is 5.87. The summed E-state index contributed by atoms with van der Waals surface area (Å²) in [4.78, 5) is 22.1. The number of hydrogen-bond donors (Lipinski definition) is 1. The molecule has 1 aliphatic rings. The van der Waals surface area contributed by atoms with Crippen LogP contribution in [0.1, 0.15) is 40.5 Å². The van der Waals surface area contributed by atoms with Crippen molar-refractivity contribution in [3.05, 3.63) is 12.4 Å². The Kier molecular flexibility index (Phi) is 4.34. The first-order chi connectivity index (χ1) is 9.81. The fraction of sp³-hybridized carbons (Fsp3) is 0.667. The Bertz CT molecular complexity index is 517. The molecule has 1 saturated heterocycles. The molecule has 21 heavy (non-hydrogen) atoms. The van der Waals surface area contributed by atoms with Gasteiger partial charge >= 0.3 is 5.97 Å². The van der Waals surface area contributed by atoms with Gasteiger partial charge < -0.3 is 14.7 Å². The molecule has 2 heterocycles. The normalized spacial score (nSPS) is 21.4. The maximum Gasteiger partial charge on any atom is 0.326 e. The third-order valence-corrected chi connectivity index (χ3v) is 3.76. The summed E-state index contributed by atoms with van der Waals surface area (Å²) in [6.45, 7) is 8.47. The van der Waals surface area contributed by atoms with Crippen molar-refractivity contribution in [2.45, 2.75) is 52.7 Å². The Balaban J connectivity index is 2.32. The zero-order valence-electron chi connectivity index (χ0n) is 13.0. The minimum atomic E-state index is -0.823. The van der Waals surface area contributed by atoms with Gasteiger partial charge in [0.25, 0.3) is 0 Å².